The summed E-state index contributed by atoms with van der Waals surface area (Å²) in [6, 6.07) is 0. The summed E-state index contributed by atoms with van der Waals surface area (Å²) in [5, 5.41) is 0.995. The Kier molecular flexibility index (Phi) is 9.78. The van der Waals surface area contributed by atoms with Crippen molar-refractivity contribution in [3.63, 3.8) is 0 Å². The highest BCUT2D eigenvalue weighted by Gasteiger charge is 2.23. The second-order valence-corrected chi connectivity index (χ2v) is 10.0. The first-order valence-electron chi connectivity index (χ1n) is 5.93. The van der Waals surface area contributed by atoms with E-state index in [4.69, 9.17) is 7.85 Å². The van der Waals surface area contributed by atoms with E-state index < -0.39 is 0 Å². The van der Waals surface area contributed by atoms with E-state index in [0.29, 0.717) is 0 Å². The number of rotatable bonds is 8. The van der Waals surface area contributed by atoms with E-state index >= 15 is 0 Å². The zero-order valence-corrected chi connectivity index (χ0v) is 12.1. The normalized spacial score (nSPS) is 11.9. The zero-order chi connectivity index (χ0) is 11.0. The maximum atomic E-state index is 5.74. The molecular weight excluding hydrogens is 205 g/mol. The van der Waals surface area contributed by atoms with Crippen LogP contribution in [0.25, 0.3) is 0 Å². The fourth-order valence-corrected chi connectivity index (χ4v) is 9.45. The van der Waals surface area contributed by atoms with Gasteiger partial charge in [-0.05, 0) is 30.0 Å². The molecule has 0 rings (SSSR count). The maximum absolute atomic E-state index is 5.74. The van der Waals surface area contributed by atoms with Gasteiger partial charge in [-0.15, -0.1) is 0 Å². The van der Waals surface area contributed by atoms with Gasteiger partial charge in [-0.3, -0.25) is 0 Å². The summed E-state index contributed by atoms with van der Waals surface area (Å²) in [6.07, 6.45) is 7.76. The lowest BCUT2D eigenvalue weighted by molar-refractivity contribution is 1.01. The van der Waals surface area contributed by atoms with Crippen molar-refractivity contribution in [2.24, 2.45) is 0 Å². The molecule has 0 N–H and O–H groups in total. The lowest BCUT2D eigenvalue weighted by Gasteiger charge is -2.33. The molecule has 0 bridgehead atoms. The van der Waals surface area contributed by atoms with Crippen molar-refractivity contribution >= 4 is 23.7 Å². The summed E-state index contributed by atoms with van der Waals surface area (Å²) >= 11 is 0. The molecule has 14 heavy (non-hydrogen) atoms. The third-order valence-corrected chi connectivity index (χ3v) is 10.3. The molecule has 0 aromatic heterocycles. The molecule has 0 saturated heterocycles. The van der Waals surface area contributed by atoms with E-state index in [-0.39, 0.29) is 15.8 Å². The molecular formula is C11H25BP2. The Morgan fingerprint density at radius 3 is 1.43 bits per heavy atom. The molecule has 0 aliphatic rings. The minimum atomic E-state index is 0.272. The van der Waals surface area contributed by atoms with Gasteiger partial charge in [-0.1, -0.05) is 56.3 Å². The van der Waals surface area contributed by atoms with Crippen LogP contribution in [0.15, 0.2) is 0 Å². The van der Waals surface area contributed by atoms with Gasteiger partial charge in [-0.2, -0.15) is 0 Å². The molecule has 3 heteroatoms. The molecule has 0 heterocycles. The van der Waals surface area contributed by atoms with Crippen LogP contribution >= 0.6 is 15.8 Å². The molecule has 0 fully saturated rings. The quantitative estimate of drug-likeness (QED) is 0.430. The van der Waals surface area contributed by atoms with Crippen LogP contribution in [-0.2, 0) is 0 Å². The molecule has 0 spiro atoms. The minimum absolute atomic E-state index is 0.272. The van der Waals surface area contributed by atoms with Crippen molar-refractivity contribution in [3.8, 4) is 0 Å². The Hall–Kier alpha value is 0.925. The van der Waals surface area contributed by atoms with Crippen LogP contribution in [0, 0.1) is 0 Å². The zero-order valence-electron chi connectivity index (χ0n) is 10.3. The summed E-state index contributed by atoms with van der Waals surface area (Å²) in [4.78, 5) is 0. The minimum Gasteiger partial charge on any atom is -0.0997 e. The lowest BCUT2D eigenvalue weighted by atomic mass is 10.0. The van der Waals surface area contributed by atoms with Crippen LogP contribution < -0.4 is 0 Å². The van der Waals surface area contributed by atoms with E-state index in [0.717, 1.165) is 11.7 Å². The van der Waals surface area contributed by atoms with Crippen LogP contribution in [0.1, 0.15) is 34.1 Å². The molecule has 0 unspecified atom stereocenters. The predicted octanol–water partition coefficient (Wildman–Crippen LogP) is 4.33. The first-order valence-corrected chi connectivity index (χ1v) is 9.49. The van der Waals surface area contributed by atoms with Crippen molar-refractivity contribution in [3.05, 3.63) is 0 Å². The fraction of sp³-hybridized carbons (Fsp3) is 1.00. The van der Waals surface area contributed by atoms with Crippen LogP contribution in [0.3, 0.4) is 0 Å². The Morgan fingerprint density at radius 1 is 0.857 bits per heavy atom. The molecule has 0 aliphatic heterocycles. The number of hydrogen-bond donors (Lipinski definition) is 0. The van der Waals surface area contributed by atoms with Gasteiger partial charge in [0.05, 0.1) is 7.85 Å². The van der Waals surface area contributed by atoms with E-state index in [1.807, 2.05) is 0 Å². The third kappa shape index (κ3) is 4.63. The standard InChI is InChI=1S/C11H25BP2/c1-5-13(6-2)11(9-10-12)14(7-3)8-4/h11H,5-10H2,1-4H3. The van der Waals surface area contributed by atoms with Crippen molar-refractivity contribution in [1.29, 1.82) is 0 Å². The van der Waals surface area contributed by atoms with Crippen molar-refractivity contribution in [2.45, 2.75) is 45.8 Å². The summed E-state index contributed by atoms with van der Waals surface area (Å²) in [5.74, 6) is 0. The molecule has 0 nitrogen and oxygen atoms in total. The van der Waals surface area contributed by atoms with Gasteiger partial charge in [0.25, 0.3) is 0 Å². The Bertz CT molecular complexity index is 110. The molecule has 82 valence electrons. The summed E-state index contributed by atoms with van der Waals surface area (Å²) in [7, 11) is 6.29. The second-order valence-electron chi connectivity index (χ2n) is 3.50. The highest BCUT2D eigenvalue weighted by atomic mass is 31.2. The molecule has 0 aliphatic carbocycles. The highest BCUT2D eigenvalue weighted by Crippen LogP contribution is 2.59. The molecule has 2 radical (unpaired) electrons. The fourth-order valence-electron chi connectivity index (χ4n) is 2.04. The van der Waals surface area contributed by atoms with Crippen molar-refractivity contribution in [1.82, 2.24) is 0 Å². The lowest BCUT2D eigenvalue weighted by Crippen LogP contribution is -2.09. The Balaban J connectivity index is 4.36. The topological polar surface area (TPSA) is 0 Å². The van der Waals surface area contributed by atoms with Gasteiger partial charge in [0.2, 0.25) is 0 Å². The molecule has 0 aromatic rings. The number of hydrogen-bond acceptors (Lipinski definition) is 0. The van der Waals surface area contributed by atoms with E-state index in [1.165, 1.54) is 31.1 Å². The van der Waals surface area contributed by atoms with Crippen molar-refractivity contribution in [2.75, 3.05) is 24.6 Å². The summed E-state index contributed by atoms with van der Waals surface area (Å²) in [5.41, 5.74) is 0. The average Bonchev–Trinajstić information content (AvgIpc) is 2.21. The molecule has 0 atom stereocenters. The molecule has 0 amide bonds. The highest BCUT2D eigenvalue weighted by molar-refractivity contribution is 7.75. The largest absolute Gasteiger partial charge is 0.0997 e. The molecule has 0 saturated carbocycles. The summed E-state index contributed by atoms with van der Waals surface area (Å²) in [6.45, 7) is 9.43. The van der Waals surface area contributed by atoms with Crippen LogP contribution in [0.4, 0.5) is 0 Å². The van der Waals surface area contributed by atoms with Gasteiger partial charge >= 0.3 is 0 Å². The monoisotopic (exact) mass is 230 g/mol. The van der Waals surface area contributed by atoms with E-state index in [2.05, 4.69) is 27.7 Å². The Morgan fingerprint density at radius 2 is 1.21 bits per heavy atom. The van der Waals surface area contributed by atoms with Gasteiger partial charge in [0.1, 0.15) is 0 Å². The Labute approximate surface area is 94.5 Å². The van der Waals surface area contributed by atoms with Crippen LogP contribution in [-0.4, -0.2) is 37.9 Å². The van der Waals surface area contributed by atoms with Crippen LogP contribution in [0.5, 0.6) is 0 Å². The second kappa shape index (κ2) is 9.17. The van der Waals surface area contributed by atoms with Gasteiger partial charge in [0, 0.05) is 0 Å². The first-order chi connectivity index (χ1) is 6.74. The molecule has 0 aromatic carbocycles. The predicted molar refractivity (Wildman–Crippen MR) is 75.0 cm³/mol. The summed E-state index contributed by atoms with van der Waals surface area (Å²) < 4.78 is 0. The maximum Gasteiger partial charge on any atom is 0.0653 e. The van der Waals surface area contributed by atoms with Gasteiger partial charge in [0.15, 0.2) is 0 Å². The first kappa shape index (κ1) is 14.9. The van der Waals surface area contributed by atoms with Gasteiger partial charge < -0.3 is 0 Å². The van der Waals surface area contributed by atoms with E-state index in [9.17, 15) is 0 Å². The van der Waals surface area contributed by atoms with E-state index in [1.54, 1.807) is 0 Å². The van der Waals surface area contributed by atoms with Crippen molar-refractivity contribution < 1.29 is 0 Å². The third-order valence-electron chi connectivity index (χ3n) is 2.89. The average molecular weight is 230 g/mol. The smallest absolute Gasteiger partial charge is 0.0653 e. The van der Waals surface area contributed by atoms with Gasteiger partial charge in [-0.25, -0.2) is 0 Å². The van der Waals surface area contributed by atoms with Crippen LogP contribution in [0.2, 0.25) is 6.32 Å². The SMILES string of the molecule is [B]CCC(P(CC)CC)P(CC)CC.